The first-order chi connectivity index (χ1) is 16.2. The van der Waals surface area contributed by atoms with E-state index >= 15 is 0 Å². The first-order valence-corrected chi connectivity index (χ1v) is 11.1. The number of ether oxygens (including phenoxy) is 1. The lowest BCUT2D eigenvalue weighted by Gasteiger charge is -2.39. The average Bonchev–Trinajstić information content (AvgIpc) is 2.84. The number of hydrogen-bond acceptors (Lipinski definition) is 4. The highest BCUT2D eigenvalue weighted by atomic mass is 19.4. The molecular formula is C24H25F4N3O3. The van der Waals surface area contributed by atoms with Crippen LogP contribution in [0.15, 0.2) is 48.5 Å². The van der Waals surface area contributed by atoms with Crippen molar-refractivity contribution in [1.29, 1.82) is 0 Å². The van der Waals surface area contributed by atoms with Crippen LogP contribution in [0.25, 0.3) is 0 Å². The van der Waals surface area contributed by atoms with Gasteiger partial charge >= 0.3 is 6.18 Å². The molecule has 2 aromatic rings. The summed E-state index contributed by atoms with van der Waals surface area (Å²) < 4.78 is 58.0. The van der Waals surface area contributed by atoms with Crippen LogP contribution < -0.4 is 0 Å². The number of rotatable bonds is 4. The molecule has 10 heteroatoms. The molecule has 0 bridgehead atoms. The van der Waals surface area contributed by atoms with Crippen LogP contribution in [0.2, 0.25) is 0 Å². The molecule has 2 aromatic carbocycles. The minimum atomic E-state index is -4.44. The van der Waals surface area contributed by atoms with Crippen molar-refractivity contribution in [1.82, 2.24) is 14.7 Å². The highest BCUT2D eigenvalue weighted by Crippen LogP contribution is 2.29. The van der Waals surface area contributed by atoms with Crippen LogP contribution in [0.1, 0.15) is 26.3 Å². The van der Waals surface area contributed by atoms with E-state index in [1.165, 1.54) is 30.3 Å². The maximum absolute atomic E-state index is 14.0. The van der Waals surface area contributed by atoms with Crippen LogP contribution >= 0.6 is 0 Å². The predicted octanol–water partition coefficient (Wildman–Crippen LogP) is 3.14. The standard InChI is InChI=1S/C24H25F4N3O3/c25-21-4-2-1-3-20(21)23(33)31-13-14-34-19(16-31)15-29-9-11-30(12-10-29)22(32)17-5-7-18(8-6-17)24(26,27)28/h1-8,19H,9-16H2. The molecule has 182 valence electrons. The van der Waals surface area contributed by atoms with Crippen molar-refractivity contribution in [3.63, 3.8) is 0 Å². The summed E-state index contributed by atoms with van der Waals surface area (Å²) in [5, 5.41) is 0. The molecule has 0 radical (unpaired) electrons. The van der Waals surface area contributed by atoms with Gasteiger partial charge in [-0.1, -0.05) is 12.1 Å². The lowest BCUT2D eigenvalue weighted by atomic mass is 10.1. The van der Waals surface area contributed by atoms with Crippen molar-refractivity contribution in [3.05, 3.63) is 71.0 Å². The number of halogens is 4. The van der Waals surface area contributed by atoms with Gasteiger partial charge in [-0.2, -0.15) is 13.2 Å². The van der Waals surface area contributed by atoms with Crippen LogP contribution in [0, 0.1) is 5.82 Å². The van der Waals surface area contributed by atoms with E-state index in [0.29, 0.717) is 52.4 Å². The molecule has 1 atom stereocenters. The highest BCUT2D eigenvalue weighted by molar-refractivity contribution is 5.95. The van der Waals surface area contributed by atoms with E-state index in [-0.39, 0.29) is 29.0 Å². The largest absolute Gasteiger partial charge is 0.416 e. The Balaban J connectivity index is 1.28. The maximum Gasteiger partial charge on any atom is 0.416 e. The zero-order valence-electron chi connectivity index (χ0n) is 18.4. The van der Waals surface area contributed by atoms with Crippen molar-refractivity contribution in [2.45, 2.75) is 12.3 Å². The third-order valence-electron chi connectivity index (χ3n) is 6.11. The van der Waals surface area contributed by atoms with Gasteiger partial charge in [0, 0.05) is 51.4 Å². The number of hydrogen-bond donors (Lipinski definition) is 0. The second-order valence-corrected chi connectivity index (χ2v) is 8.39. The molecule has 0 saturated carbocycles. The third kappa shape index (κ3) is 5.56. The van der Waals surface area contributed by atoms with E-state index in [4.69, 9.17) is 4.74 Å². The smallest absolute Gasteiger partial charge is 0.373 e. The minimum Gasteiger partial charge on any atom is -0.373 e. The second kappa shape index (κ2) is 10.1. The zero-order chi connectivity index (χ0) is 24.3. The fourth-order valence-corrected chi connectivity index (χ4v) is 4.23. The Morgan fingerprint density at radius 3 is 2.21 bits per heavy atom. The van der Waals surface area contributed by atoms with Gasteiger partial charge in [-0.3, -0.25) is 14.5 Å². The predicted molar refractivity (Wildman–Crippen MR) is 116 cm³/mol. The highest BCUT2D eigenvalue weighted by Gasteiger charge is 2.32. The van der Waals surface area contributed by atoms with Crippen molar-refractivity contribution in [2.75, 3.05) is 52.4 Å². The van der Waals surface area contributed by atoms with E-state index in [0.717, 1.165) is 12.1 Å². The summed E-state index contributed by atoms with van der Waals surface area (Å²) >= 11 is 0. The summed E-state index contributed by atoms with van der Waals surface area (Å²) in [6.45, 7) is 3.67. The van der Waals surface area contributed by atoms with Crippen LogP contribution in [-0.2, 0) is 10.9 Å². The Hall–Kier alpha value is -2.98. The Morgan fingerprint density at radius 2 is 1.56 bits per heavy atom. The number of piperazine rings is 1. The lowest BCUT2D eigenvalue weighted by molar-refractivity contribution is -0.137. The molecule has 0 N–H and O–H groups in total. The van der Waals surface area contributed by atoms with Crippen molar-refractivity contribution in [3.8, 4) is 0 Å². The molecule has 2 aliphatic rings. The Morgan fingerprint density at radius 1 is 0.882 bits per heavy atom. The minimum absolute atomic E-state index is 0.0403. The van der Waals surface area contributed by atoms with Gasteiger partial charge in [-0.15, -0.1) is 0 Å². The number of alkyl halides is 3. The molecule has 2 heterocycles. The van der Waals surface area contributed by atoms with Crippen LogP contribution in [-0.4, -0.2) is 85.0 Å². The Kier molecular flexibility index (Phi) is 7.18. The Bertz CT molecular complexity index is 1020. The van der Waals surface area contributed by atoms with E-state index in [2.05, 4.69) is 4.90 Å². The summed E-state index contributed by atoms with van der Waals surface area (Å²) in [6.07, 6.45) is -4.68. The lowest BCUT2D eigenvalue weighted by Crippen LogP contribution is -2.54. The Labute approximate surface area is 194 Å². The third-order valence-corrected chi connectivity index (χ3v) is 6.11. The molecule has 0 aromatic heterocycles. The van der Waals surface area contributed by atoms with Crippen LogP contribution in [0.4, 0.5) is 17.6 Å². The van der Waals surface area contributed by atoms with Gasteiger partial charge in [0.2, 0.25) is 0 Å². The van der Waals surface area contributed by atoms with E-state index in [1.807, 2.05) is 0 Å². The van der Waals surface area contributed by atoms with Crippen molar-refractivity contribution < 1.29 is 31.9 Å². The van der Waals surface area contributed by atoms with Gasteiger partial charge in [0.25, 0.3) is 11.8 Å². The topological polar surface area (TPSA) is 53.1 Å². The van der Waals surface area contributed by atoms with Gasteiger partial charge < -0.3 is 14.5 Å². The van der Waals surface area contributed by atoms with Crippen LogP contribution in [0.3, 0.4) is 0 Å². The van der Waals surface area contributed by atoms with E-state index < -0.39 is 17.6 Å². The number of carbonyl (C=O) groups excluding carboxylic acids is 2. The molecule has 6 nitrogen and oxygen atoms in total. The number of morpholine rings is 1. The van der Waals surface area contributed by atoms with Gasteiger partial charge in [-0.05, 0) is 36.4 Å². The fourth-order valence-electron chi connectivity index (χ4n) is 4.23. The number of carbonyl (C=O) groups is 2. The maximum atomic E-state index is 14.0. The SMILES string of the molecule is O=C(c1ccc(C(F)(F)F)cc1)N1CCN(CC2CN(C(=O)c3ccccc3F)CCO2)CC1. The summed E-state index contributed by atoms with van der Waals surface area (Å²) in [4.78, 5) is 30.7. The van der Waals surface area contributed by atoms with Crippen LogP contribution in [0.5, 0.6) is 0 Å². The second-order valence-electron chi connectivity index (χ2n) is 8.39. The van der Waals surface area contributed by atoms with Crippen molar-refractivity contribution in [2.24, 2.45) is 0 Å². The van der Waals surface area contributed by atoms with E-state index in [1.54, 1.807) is 15.9 Å². The van der Waals surface area contributed by atoms with Gasteiger partial charge in [0.05, 0.1) is 23.8 Å². The summed E-state index contributed by atoms with van der Waals surface area (Å²) in [7, 11) is 0. The first kappa shape index (κ1) is 24.2. The number of nitrogens with zero attached hydrogens (tertiary/aromatic N) is 3. The molecule has 0 aliphatic carbocycles. The zero-order valence-corrected chi connectivity index (χ0v) is 18.4. The molecule has 1 unspecified atom stereocenters. The van der Waals surface area contributed by atoms with Crippen molar-refractivity contribution >= 4 is 11.8 Å². The summed E-state index contributed by atoms with van der Waals surface area (Å²) in [5.41, 5.74) is -0.526. The summed E-state index contributed by atoms with van der Waals surface area (Å²) in [5.74, 6) is -1.22. The fraction of sp³-hybridized carbons (Fsp3) is 0.417. The molecule has 2 fully saturated rings. The van der Waals surface area contributed by atoms with E-state index in [9.17, 15) is 27.2 Å². The van der Waals surface area contributed by atoms with Gasteiger partial charge in [-0.25, -0.2) is 4.39 Å². The molecule has 34 heavy (non-hydrogen) atoms. The monoisotopic (exact) mass is 479 g/mol. The number of benzene rings is 2. The number of amides is 2. The normalized spacial score (nSPS) is 19.8. The average molecular weight is 479 g/mol. The first-order valence-electron chi connectivity index (χ1n) is 11.1. The quantitative estimate of drug-likeness (QED) is 0.633. The van der Waals surface area contributed by atoms with Gasteiger partial charge in [0.1, 0.15) is 5.82 Å². The molecule has 4 rings (SSSR count). The molecule has 2 saturated heterocycles. The van der Waals surface area contributed by atoms with Gasteiger partial charge in [0.15, 0.2) is 0 Å². The molecule has 0 spiro atoms. The molecule has 2 aliphatic heterocycles. The summed E-state index contributed by atoms with van der Waals surface area (Å²) in [6, 6.07) is 10.1. The molecular weight excluding hydrogens is 454 g/mol. The molecule has 2 amide bonds.